The SMILES string of the molecule is CC1CCCC1C(=O)Nc1c(N)cccc1Cl. The average molecular weight is 253 g/mol. The lowest BCUT2D eigenvalue weighted by Gasteiger charge is -2.16. The maximum atomic E-state index is 12.1. The number of carbonyl (C=O) groups excluding carboxylic acids is 1. The van der Waals surface area contributed by atoms with E-state index in [1.54, 1.807) is 18.2 Å². The molecule has 1 aliphatic rings. The molecule has 1 aromatic rings. The molecule has 3 N–H and O–H groups in total. The molecule has 1 aliphatic carbocycles. The maximum absolute atomic E-state index is 12.1. The topological polar surface area (TPSA) is 55.1 Å². The predicted octanol–water partition coefficient (Wildman–Crippen LogP) is 3.30. The standard InChI is InChI=1S/C13H17ClN2O/c1-8-4-2-5-9(8)13(17)16-12-10(14)6-3-7-11(12)15/h3,6-9H,2,4-5,15H2,1H3,(H,16,17). The summed E-state index contributed by atoms with van der Waals surface area (Å²) in [6, 6.07) is 5.23. The van der Waals surface area contributed by atoms with Gasteiger partial charge in [-0.15, -0.1) is 0 Å². The van der Waals surface area contributed by atoms with E-state index >= 15 is 0 Å². The van der Waals surface area contributed by atoms with Crippen LogP contribution >= 0.6 is 11.6 Å². The summed E-state index contributed by atoms with van der Waals surface area (Å²) in [5.41, 5.74) is 6.85. The zero-order valence-electron chi connectivity index (χ0n) is 9.87. The minimum atomic E-state index is 0.0369. The summed E-state index contributed by atoms with van der Waals surface area (Å²) in [7, 11) is 0. The van der Waals surface area contributed by atoms with Gasteiger partial charge in [-0.1, -0.05) is 31.0 Å². The molecule has 0 saturated heterocycles. The van der Waals surface area contributed by atoms with E-state index in [0.29, 0.717) is 22.3 Å². The van der Waals surface area contributed by atoms with Crippen molar-refractivity contribution in [1.82, 2.24) is 0 Å². The molecule has 0 aromatic heterocycles. The minimum Gasteiger partial charge on any atom is -0.397 e. The second kappa shape index (κ2) is 4.96. The normalized spacial score (nSPS) is 23.6. The molecular weight excluding hydrogens is 236 g/mol. The largest absolute Gasteiger partial charge is 0.397 e. The van der Waals surface area contributed by atoms with Gasteiger partial charge in [0.2, 0.25) is 5.91 Å². The van der Waals surface area contributed by atoms with E-state index in [9.17, 15) is 4.79 Å². The summed E-state index contributed by atoms with van der Waals surface area (Å²) in [6.45, 7) is 2.12. The van der Waals surface area contributed by atoms with E-state index in [1.165, 1.54) is 0 Å². The lowest BCUT2D eigenvalue weighted by molar-refractivity contribution is -0.120. The molecule has 2 unspecified atom stereocenters. The number of hydrogen-bond acceptors (Lipinski definition) is 2. The fourth-order valence-corrected chi connectivity index (χ4v) is 2.65. The number of anilines is 2. The monoisotopic (exact) mass is 252 g/mol. The second-order valence-corrected chi connectivity index (χ2v) is 5.12. The fourth-order valence-electron chi connectivity index (χ4n) is 2.42. The van der Waals surface area contributed by atoms with Gasteiger partial charge in [0.15, 0.2) is 0 Å². The van der Waals surface area contributed by atoms with Crippen molar-refractivity contribution in [2.24, 2.45) is 11.8 Å². The Kier molecular flexibility index (Phi) is 3.57. The highest BCUT2D eigenvalue weighted by molar-refractivity contribution is 6.34. The lowest BCUT2D eigenvalue weighted by Crippen LogP contribution is -2.25. The second-order valence-electron chi connectivity index (χ2n) is 4.71. The Morgan fingerprint density at radius 3 is 2.82 bits per heavy atom. The zero-order chi connectivity index (χ0) is 12.4. The summed E-state index contributed by atoms with van der Waals surface area (Å²) >= 11 is 6.02. The van der Waals surface area contributed by atoms with Crippen molar-refractivity contribution in [1.29, 1.82) is 0 Å². The number of para-hydroxylation sites is 1. The number of hydrogen-bond donors (Lipinski definition) is 2. The number of rotatable bonds is 2. The van der Waals surface area contributed by atoms with Crippen molar-refractivity contribution in [3.63, 3.8) is 0 Å². The van der Waals surface area contributed by atoms with Gasteiger partial charge in [0.1, 0.15) is 0 Å². The van der Waals surface area contributed by atoms with Gasteiger partial charge >= 0.3 is 0 Å². The number of nitrogens with one attached hydrogen (secondary N) is 1. The quantitative estimate of drug-likeness (QED) is 0.794. The summed E-state index contributed by atoms with van der Waals surface area (Å²) < 4.78 is 0. The van der Waals surface area contributed by atoms with E-state index in [0.717, 1.165) is 19.3 Å². The molecule has 2 atom stereocenters. The third kappa shape index (κ3) is 2.55. The van der Waals surface area contributed by atoms with Gasteiger partial charge in [-0.2, -0.15) is 0 Å². The smallest absolute Gasteiger partial charge is 0.227 e. The van der Waals surface area contributed by atoms with Gasteiger partial charge in [-0.25, -0.2) is 0 Å². The molecule has 1 amide bonds. The molecule has 0 spiro atoms. The Balaban J connectivity index is 2.13. The van der Waals surface area contributed by atoms with E-state index in [2.05, 4.69) is 12.2 Å². The maximum Gasteiger partial charge on any atom is 0.227 e. The molecule has 0 radical (unpaired) electrons. The van der Waals surface area contributed by atoms with Crippen molar-refractivity contribution in [3.05, 3.63) is 23.2 Å². The van der Waals surface area contributed by atoms with Crippen LogP contribution in [0.4, 0.5) is 11.4 Å². The van der Waals surface area contributed by atoms with Crippen molar-refractivity contribution in [2.45, 2.75) is 26.2 Å². The lowest BCUT2D eigenvalue weighted by atomic mass is 9.97. The highest BCUT2D eigenvalue weighted by Gasteiger charge is 2.30. The number of benzene rings is 1. The van der Waals surface area contributed by atoms with Crippen LogP contribution in [-0.4, -0.2) is 5.91 Å². The Morgan fingerprint density at radius 1 is 1.47 bits per heavy atom. The number of halogens is 1. The van der Waals surface area contributed by atoms with Crippen molar-refractivity contribution in [3.8, 4) is 0 Å². The molecule has 17 heavy (non-hydrogen) atoms. The van der Waals surface area contributed by atoms with E-state index in [1.807, 2.05) is 0 Å². The average Bonchev–Trinajstić information content (AvgIpc) is 2.70. The predicted molar refractivity (Wildman–Crippen MR) is 71.0 cm³/mol. The van der Waals surface area contributed by atoms with E-state index < -0.39 is 0 Å². The summed E-state index contributed by atoms with van der Waals surface area (Å²) in [5, 5.41) is 3.34. The van der Waals surface area contributed by atoms with E-state index in [-0.39, 0.29) is 11.8 Å². The number of nitrogens with two attached hydrogens (primary N) is 1. The van der Waals surface area contributed by atoms with Crippen LogP contribution < -0.4 is 11.1 Å². The van der Waals surface area contributed by atoms with Gasteiger partial charge < -0.3 is 11.1 Å². The van der Waals surface area contributed by atoms with E-state index in [4.69, 9.17) is 17.3 Å². The molecule has 0 heterocycles. The Labute approximate surface area is 106 Å². The summed E-state index contributed by atoms with van der Waals surface area (Å²) in [6.07, 6.45) is 3.20. The minimum absolute atomic E-state index is 0.0369. The molecule has 3 nitrogen and oxygen atoms in total. The number of carbonyl (C=O) groups is 1. The summed E-state index contributed by atoms with van der Waals surface area (Å²) in [4.78, 5) is 12.1. The van der Waals surface area contributed by atoms with Crippen LogP contribution in [0.5, 0.6) is 0 Å². The third-order valence-corrected chi connectivity index (χ3v) is 3.81. The molecule has 1 fully saturated rings. The van der Waals surface area contributed by atoms with Crippen molar-refractivity contribution in [2.75, 3.05) is 11.1 Å². The molecular formula is C13H17ClN2O. The first-order valence-electron chi connectivity index (χ1n) is 5.94. The first-order chi connectivity index (χ1) is 8.09. The van der Waals surface area contributed by atoms with Crippen molar-refractivity contribution >= 4 is 28.9 Å². The number of nitrogen functional groups attached to an aromatic ring is 1. The molecule has 4 heteroatoms. The van der Waals surface area contributed by atoms with Crippen LogP contribution in [0.25, 0.3) is 0 Å². The highest BCUT2D eigenvalue weighted by atomic mass is 35.5. The molecule has 1 aromatic carbocycles. The first-order valence-corrected chi connectivity index (χ1v) is 6.32. The molecule has 2 rings (SSSR count). The fraction of sp³-hybridized carbons (Fsp3) is 0.462. The number of amides is 1. The van der Waals surface area contributed by atoms with Crippen LogP contribution in [0.1, 0.15) is 26.2 Å². The van der Waals surface area contributed by atoms with Crippen LogP contribution in [0.3, 0.4) is 0 Å². The third-order valence-electron chi connectivity index (χ3n) is 3.49. The van der Waals surface area contributed by atoms with Crippen LogP contribution in [0.15, 0.2) is 18.2 Å². The van der Waals surface area contributed by atoms with Gasteiger partial charge in [0.25, 0.3) is 0 Å². The molecule has 0 bridgehead atoms. The van der Waals surface area contributed by atoms with Crippen molar-refractivity contribution < 1.29 is 4.79 Å². The zero-order valence-corrected chi connectivity index (χ0v) is 10.6. The van der Waals surface area contributed by atoms with Gasteiger partial charge in [-0.3, -0.25) is 4.79 Å². The first kappa shape index (κ1) is 12.2. The Hall–Kier alpha value is -1.22. The summed E-state index contributed by atoms with van der Waals surface area (Å²) in [5.74, 6) is 0.569. The van der Waals surface area contributed by atoms with Gasteiger partial charge in [0.05, 0.1) is 16.4 Å². The van der Waals surface area contributed by atoms with Gasteiger partial charge in [0, 0.05) is 5.92 Å². The molecule has 0 aliphatic heterocycles. The van der Waals surface area contributed by atoms with Crippen LogP contribution in [0.2, 0.25) is 5.02 Å². The van der Waals surface area contributed by atoms with Crippen LogP contribution in [0, 0.1) is 11.8 Å². The molecule has 92 valence electrons. The Morgan fingerprint density at radius 2 is 2.24 bits per heavy atom. The van der Waals surface area contributed by atoms with Crippen LogP contribution in [-0.2, 0) is 4.79 Å². The molecule has 1 saturated carbocycles. The van der Waals surface area contributed by atoms with Gasteiger partial charge in [-0.05, 0) is 30.9 Å². The Bertz CT molecular complexity index is 413. The highest BCUT2D eigenvalue weighted by Crippen LogP contribution is 2.34.